The fourth-order valence-corrected chi connectivity index (χ4v) is 4.88. The number of thioether (sulfide) groups is 2. The van der Waals surface area contributed by atoms with Gasteiger partial charge in [-0.3, -0.25) is 4.79 Å². The van der Waals surface area contributed by atoms with Gasteiger partial charge < -0.3 is 10.2 Å². The predicted octanol–water partition coefficient (Wildman–Crippen LogP) is 3.59. The Balaban J connectivity index is 1.34. The highest BCUT2D eigenvalue weighted by Crippen LogP contribution is 2.28. The van der Waals surface area contributed by atoms with E-state index in [9.17, 15) is 4.79 Å². The van der Waals surface area contributed by atoms with Crippen LogP contribution in [0.25, 0.3) is 11.0 Å². The minimum atomic E-state index is 0.0471. The predicted molar refractivity (Wildman–Crippen MR) is 129 cm³/mol. The molecule has 1 aromatic carbocycles. The Hall–Kier alpha value is -2.26. The average Bonchev–Trinajstić information content (AvgIpc) is 3.22. The van der Waals surface area contributed by atoms with Crippen LogP contribution in [0.3, 0.4) is 0 Å². The van der Waals surface area contributed by atoms with Gasteiger partial charge in [0.15, 0.2) is 10.8 Å². The van der Waals surface area contributed by atoms with Crippen molar-refractivity contribution in [1.29, 1.82) is 0 Å². The van der Waals surface area contributed by atoms with Gasteiger partial charge in [0.2, 0.25) is 5.91 Å². The van der Waals surface area contributed by atoms with Crippen LogP contribution in [0.2, 0.25) is 0 Å². The van der Waals surface area contributed by atoms with Crippen LogP contribution in [-0.4, -0.2) is 57.3 Å². The minimum Gasteiger partial charge on any atom is -0.356 e. The number of carbonyl (C=O) groups excluding carboxylic acids is 1. The van der Waals surface area contributed by atoms with Crippen LogP contribution in [-0.2, 0) is 17.1 Å². The van der Waals surface area contributed by atoms with Crippen molar-refractivity contribution in [3.63, 3.8) is 0 Å². The van der Waals surface area contributed by atoms with Gasteiger partial charge in [0, 0.05) is 25.4 Å². The quantitative estimate of drug-likeness (QED) is 0.389. The lowest BCUT2D eigenvalue weighted by Crippen LogP contribution is -2.30. The Kier molecular flexibility index (Phi) is 7.69. The zero-order valence-electron chi connectivity index (χ0n) is 17.8. The topological polar surface area (TPSA) is 75.9 Å². The van der Waals surface area contributed by atoms with Crippen molar-refractivity contribution in [1.82, 2.24) is 25.1 Å². The minimum absolute atomic E-state index is 0.0471. The van der Waals surface area contributed by atoms with Crippen molar-refractivity contribution in [2.75, 3.05) is 36.5 Å². The first-order chi connectivity index (χ1) is 15.2. The summed E-state index contributed by atoms with van der Waals surface area (Å²) in [7, 11) is 0. The Labute approximate surface area is 191 Å². The fourth-order valence-electron chi connectivity index (χ4n) is 3.71. The van der Waals surface area contributed by atoms with Crippen LogP contribution >= 0.6 is 23.5 Å². The molecule has 3 heterocycles. The summed E-state index contributed by atoms with van der Waals surface area (Å²) in [5, 5.41) is 9.30. The summed E-state index contributed by atoms with van der Waals surface area (Å²) in [5.41, 5.74) is 2.07. The molecule has 1 aliphatic rings. The molecule has 1 aliphatic heterocycles. The van der Waals surface area contributed by atoms with Gasteiger partial charge in [-0.05, 0) is 31.1 Å². The molecule has 2 aromatic heterocycles. The van der Waals surface area contributed by atoms with Gasteiger partial charge in [0.25, 0.3) is 0 Å². The molecule has 1 saturated heterocycles. The van der Waals surface area contributed by atoms with Crippen molar-refractivity contribution >= 4 is 46.3 Å². The molecule has 9 heteroatoms. The van der Waals surface area contributed by atoms with Crippen molar-refractivity contribution in [3.05, 3.63) is 42.1 Å². The third kappa shape index (κ3) is 5.71. The first kappa shape index (κ1) is 22.0. The van der Waals surface area contributed by atoms with Gasteiger partial charge in [0.05, 0.1) is 23.9 Å². The van der Waals surface area contributed by atoms with Crippen molar-refractivity contribution < 1.29 is 4.79 Å². The number of nitrogens with zero attached hydrogens (tertiary/aromatic N) is 5. The maximum Gasteiger partial charge on any atom is 0.230 e. The van der Waals surface area contributed by atoms with Gasteiger partial charge >= 0.3 is 0 Å². The van der Waals surface area contributed by atoms with E-state index in [0.717, 1.165) is 40.9 Å². The monoisotopic (exact) mass is 456 g/mol. The maximum atomic E-state index is 12.2. The number of piperidine rings is 1. The van der Waals surface area contributed by atoms with E-state index in [1.807, 2.05) is 35.3 Å². The number of benzene rings is 1. The Morgan fingerprint density at radius 3 is 2.71 bits per heavy atom. The molecule has 1 N–H and O–H groups in total. The summed E-state index contributed by atoms with van der Waals surface area (Å²) >= 11 is 3.17. The number of rotatable bonds is 9. The van der Waals surface area contributed by atoms with E-state index in [-0.39, 0.29) is 5.91 Å². The third-order valence-electron chi connectivity index (χ3n) is 5.28. The lowest BCUT2D eigenvalue weighted by Gasteiger charge is -2.28. The molecule has 3 aromatic rings. The first-order valence-corrected chi connectivity index (χ1v) is 13.0. The standard InChI is InChI=1S/C22H28N6OS2/c1-30-22-25-20(27-11-6-3-7-12-27)18-14-24-28(21(18)26-22)13-10-23-19(29)16-31-15-17-8-4-2-5-9-17/h2,4-5,8-9,14H,3,6-7,10-13,15-16H2,1H3,(H,23,29). The molecular weight excluding hydrogens is 428 g/mol. The second kappa shape index (κ2) is 10.9. The maximum absolute atomic E-state index is 12.2. The number of amides is 1. The van der Waals surface area contributed by atoms with E-state index in [2.05, 4.69) is 27.4 Å². The normalized spacial score (nSPS) is 14.2. The average molecular weight is 457 g/mol. The lowest BCUT2D eigenvalue weighted by molar-refractivity contribution is -0.118. The highest BCUT2D eigenvalue weighted by atomic mass is 32.2. The second-order valence-corrected chi connectivity index (χ2v) is 9.27. The smallest absolute Gasteiger partial charge is 0.230 e. The largest absolute Gasteiger partial charge is 0.356 e. The Morgan fingerprint density at radius 2 is 1.94 bits per heavy atom. The van der Waals surface area contributed by atoms with Crippen LogP contribution in [0.5, 0.6) is 0 Å². The van der Waals surface area contributed by atoms with Gasteiger partial charge in [-0.2, -0.15) is 5.10 Å². The molecule has 7 nitrogen and oxygen atoms in total. The van der Waals surface area contributed by atoms with Gasteiger partial charge in [-0.15, -0.1) is 11.8 Å². The Morgan fingerprint density at radius 1 is 1.13 bits per heavy atom. The highest BCUT2D eigenvalue weighted by molar-refractivity contribution is 7.99. The van der Waals surface area contributed by atoms with Crippen LogP contribution in [0, 0.1) is 0 Å². The molecule has 0 atom stereocenters. The van der Waals surface area contributed by atoms with E-state index in [1.54, 1.807) is 23.5 Å². The molecule has 0 radical (unpaired) electrons. The fraction of sp³-hybridized carbons (Fsp3) is 0.455. The number of anilines is 1. The molecule has 164 valence electrons. The highest BCUT2D eigenvalue weighted by Gasteiger charge is 2.19. The SMILES string of the molecule is CSc1nc(N2CCCCC2)c2cnn(CCNC(=O)CSCc3ccccc3)c2n1. The van der Waals surface area contributed by atoms with Crippen LogP contribution in [0.15, 0.2) is 41.7 Å². The van der Waals surface area contributed by atoms with Crippen LogP contribution < -0.4 is 10.2 Å². The zero-order valence-corrected chi connectivity index (χ0v) is 19.4. The molecule has 31 heavy (non-hydrogen) atoms. The van der Waals surface area contributed by atoms with E-state index < -0.39 is 0 Å². The Bertz CT molecular complexity index is 1000. The molecule has 0 spiro atoms. The summed E-state index contributed by atoms with van der Waals surface area (Å²) in [6.07, 6.45) is 7.53. The molecule has 1 amide bonds. The first-order valence-electron chi connectivity index (χ1n) is 10.7. The van der Waals surface area contributed by atoms with Gasteiger partial charge in [0.1, 0.15) is 5.82 Å². The zero-order chi connectivity index (χ0) is 21.5. The summed E-state index contributed by atoms with van der Waals surface area (Å²) < 4.78 is 1.88. The van der Waals surface area contributed by atoms with E-state index in [4.69, 9.17) is 9.97 Å². The van der Waals surface area contributed by atoms with Gasteiger partial charge in [-0.1, -0.05) is 42.1 Å². The van der Waals surface area contributed by atoms with E-state index >= 15 is 0 Å². The molecule has 0 bridgehead atoms. The van der Waals surface area contributed by atoms with Crippen molar-refractivity contribution in [2.45, 2.75) is 36.7 Å². The summed E-state index contributed by atoms with van der Waals surface area (Å²) in [6.45, 7) is 3.17. The summed E-state index contributed by atoms with van der Waals surface area (Å²) in [4.78, 5) is 24.0. The molecule has 0 aliphatic carbocycles. The third-order valence-corrected chi connectivity index (χ3v) is 6.84. The lowest BCUT2D eigenvalue weighted by atomic mass is 10.1. The van der Waals surface area contributed by atoms with Crippen LogP contribution in [0.4, 0.5) is 5.82 Å². The van der Waals surface area contributed by atoms with Crippen LogP contribution in [0.1, 0.15) is 24.8 Å². The number of hydrogen-bond donors (Lipinski definition) is 1. The van der Waals surface area contributed by atoms with E-state index in [1.165, 1.54) is 24.8 Å². The number of fused-ring (bicyclic) bond motifs is 1. The van der Waals surface area contributed by atoms with Crippen molar-refractivity contribution in [2.24, 2.45) is 0 Å². The number of carbonyl (C=O) groups is 1. The number of nitrogens with one attached hydrogen (secondary N) is 1. The van der Waals surface area contributed by atoms with E-state index in [0.29, 0.717) is 18.8 Å². The molecule has 4 rings (SSSR count). The number of hydrogen-bond acceptors (Lipinski definition) is 7. The molecule has 1 fully saturated rings. The summed E-state index contributed by atoms with van der Waals surface area (Å²) in [5.74, 6) is 2.32. The van der Waals surface area contributed by atoms with Gasteiger partial charge in [-0.25, -0.2) is 14.6 Å². The molecular formula is C22H28N6OS2. The molecule has 0 unspecified atom stereocenters. The second-order valence-electron chi connectivity index (χ2n) is 7.51. The number of aromatic nitrogens is 4. The molecule has 0 saturated carbocycles. The summed E-state index contributed by atoms with van der Waals surface area (Å²) in [6, 6.07) is 10.2. The van der Waals surface area contributed by atoms with Crippen molar-refractivity contribution in [3.8, 4) is 0 Å².